The molecule has 2 rings (SSSR count). The van der Waals surface area contributed by atoms with Crippen LogP contribution in [0.5, 0.6) is 5.75 Å². The fourth-order valence-electron chi connectivity index (χ4n) is 2.91. The Balaban J connectivity index is 1.71. The van der Waals surface area contributed by atoms with E-state index >= 15 is 0 Å². The third-order valence-electron chi connectivity index (χ3n) is 4.17. The van der Waals surface area contributed by atoms with Gasteiger partial charge in [0.25, 0.3) is 0 Å². The molecule has 0 saturated heterocycles. The van der Waals surface area contributed by atoms with E-state index in [0.717, 1.165) is 37.0 Å². The first-order valence-electron chi connectivity index (χ1n) is 7.80. The minimum Gasteiger partial charge on any atom is -0.478 e. The van der Waals surface area contributed by atoms with Crippen molar-refractivity contribution in [2.45, 2.75) is 38.3 Å². The lowest BCUT2D eigenvalue weighted by Crippen LogP contribution is -2.35. The van der Waals surface area contributed by atoms with Crippen molar-refractivity contribution >= 4 is 0 Å². The quantitative estimate of drug-likeness (QED) is 0.747. The van der Waals surface area contributed by atoms with Gasteiger partial charge in [-0.05, 0) is 26.0 Å². The number of likely N-dealkylation sites (N-methyl/N-ethyl adjacent to an activating group) is 1. The van der Waals surface area contributed by atoms with E-state index in [1.807, 2.05) is 30.3 Å². The van der Waals surface area contributed by atoms with Gasteiger partial charge in [-0.2, -0.15) is 5.26 Å². The van der Waals surface area contributed by atoms with Crippen LogP contribution in [0, 0.1) is 11.3 Å². The highest BCUT2D eigenvalue weighted by molar-refractivity contribution is 5.33. The van der Waals surface area contributed by atoms with E-state index in [9.17, 15) is 0 Å². The Morgan fingerprint density at radius 3 is 2.86 bits per heavy atom. The molecule has 0 atom stereocenters. The summed E-state index contributed by atoms with van der Waals surface area (Å²) in [6.45, 7) is 2.92. The van der Waals surface area contributed by atoms with Gasteiger partial charge in [0, 0.05) is 31.2 Å². The lowest BCUT2D eigenvalue weighted by Gasteiger charge is -2.24. The van der Waals surface area contributed by atoms with Crippen molar-refractivity contribution in [2.24, 2.45) is 0 Å². The third kappa shape index (κ3) is 5.04. The van der Waals surface area contributed by atoms with Gasteiger partial charge in [-0.15, -0.1) is 0 Å². The summed E-state index contributed by atoms with van der Waals surface area (Å²) in [6, 6.07) is 10.7. The molecule has 1 aliphatic carbocycles. The fourth-order valence-corrected chi connectivity index (χ4v) is 2.91. The molecule has 21 heavy (non-hydrogen) atoms. The molecule has 0 aliphatic heterocycles. The first-order chi connectivity index (χ1) is 10.3. The molecule has 1 aromatic rings. The Morgan fingerprint density at radius 1 is 1.33 bits per heavy atom. The number of para-hydroxylation sites is 1. The predicted octanol–water partition coefficient (Wildman–Crippen LogP) is 2.55. The Kier molecular flexibility index (Phi) is 6.52. The number of rotatable bonds is 8. The molecule has 0 aromatic heterocycles. The Hall–Kier alpha value is -1.57. The van der Waals surface area contributed by atoms with Crippen molar-refractivity contribution < 1.29 is 4.74 Å². The number of hydrogen-bond donors (Lipinski definition) is 1. The average molecular weight is 287 g/mol. The Morgan fingerprint density at radius 2 is 2.10 bits per heavy atom. The SMILES string of the molecule is CN(CCNCc1ccccc1OCC#N)C1CCCC1. The fraction of sp³-hybridized carbons (Fsp3) is 0.588. The summed E-state index contributed by atoms with van der Waals surface area (Å²) in [5.41, 5.74) is 1.11. The maximum Gasteiger partial charge on any atom is 0.174 e. The second-order valence-electron chi connectivity index (χ2n) is 5.65. The van der Waals surface area contributed by atoms with Crippen LogP contribution in [-0.2, 0) is 6.54 Å². The normalized spacial score (nSPS) is 15.3. The summed E-state index contributed by atoms with van der Waals surface area (Å²) in [6.07, 6.45) is 5.46. The van der Waals surface area contributed by atoms with Crippen LogP contribution in [0.15, 0.2) is 24.3 Å². The molecule has 0 spiro atoms. The van der Waals surface area contributed by atoms with Gasteiger partial charge in [0.05, 0.1) is 0 Å². The monoisotopic (exact) mass is 287 g/mol. The smallest absolute Gasteiger partial charge is 0.174 e. The number of nitriles is 1. The highest BCUT2D eigenvalue weighted by Gasteiger charge is 2.18. The summed E-state index contributed by atoms with van der Waals surface area (Å²) in [5, 5.41) is 12.1. The van der Waals surface area contributed by atoms with E-state index in [1.54, 1.807) is 0 Å². The van der Waals surface area contributed by atoms with Crippen molar-refractivity contribution in [3.63, 3.8) is 0 Å². The van der Waals surface area contributed by atoms with Gasteiger partial charge in [-0.25, -0.2) is 0 Å². The van der Waals surface area contributed by atoms with Crippen LogP contribution < -0.4 is 10.1 Å². The second-order valence-corrected chi connectivity index (χ2v) is 5.65. The van der Waals surface area contributed by atoms with Crippen LogP contribution in [-0.4, -0.2) is 37.7 Å². The van der Waals surface area contributed by atoms with Gasteiger partial charge >= 0.3 is 0 Å². The number of benzene rings is 1. The maximum atomic E-state index is 8.60. The summed E-state index contributed by atoms with van der Waals surface area (Å²) in [7, 11) is 2.22. The molecule has 1 aliphatic rings. The zero-order chi connectivity index (χ0) is 14.9. The number of nitrogens with one attached hydrogen (secondary N) is 1. The lowest BCUT2D eigenvalue weighted by atomic mass is 10.2. The van der Waals surface area contributed by atoms with Crippen LogP contribution in [0.1, 0.15) is 31.2 Å². The maximum absolute atomic E-state index is 8.60. The summed E-state index contributed by atoms with van der Waals surface area (Å²) < 4.78 is 5.43. The van der Waals surface area contributed by atoms with Crippen molar-refractivity contribution in [3.8, 4) is 11.8 Å². The van der Waals surface area contributed by atoms with E-state index in [0.29, 0.717) is 0 Å². The average Bonchev–Trinajstić information content (AvgIpc) is 3.04. The molecule has 1 saturated carbocycles. The lowest BCUT2D eigenvalue weighted by molar-refractivity contribution is 0.245. The largest absolute Gasteiger partial charge is 0.478 e. The zero-order valence-corrected chi connectivity index (χ0v) is 12.8. The number of ether oxygens (including phenoxy) is 1. The molecular weight excluding hydrogens is 262 g/mol. The zero-order valence-electron chi connectivity index (χ0n) is 12.8. The van der Waals surface area contributed by atoms with Gasteiger partial charge in [-0.1, -0.05) is 31.0 Å². The molecule has 1 fully saturated rings. The number of nitrogens with zero attached hydrogens (tertiary/aromatic N) is 2. The van der Waals surface area contributed by atoms with Crippen molar-refractivity contribution in [1.29, 1.82) is 5.26 Å². The highest BCUT2D eigenvalue weighted by Crippen LogP contribution is 2.22. The minimum atomic E-state index is 0.0986. The Bertz CT molecular complexity index is 463. The van der Waals surface area contributed by atoms with Crippen LogP contribution in [0.2, 0.25) is 0 Å². The molecule has 0 heterocycles. The molecule has 4 nitrogen and oxygen atoms in total. The molecule has 0 unspecified atom stereocenters. The van der Waals surface area contributed by atoms with Gasteiger partial charge < -0.3 is 15.0 Å². The second kappa shape index (κ2) is 8.66. The highest BCUT2D eigenvalue weighted by atomic mass is 16.5. The van der Waals surface area contributed by atoms with E-state index in [1.165, 1.54) is 25.7 Å². The number of hydrogen-bond acceptors (Lipinski definition) is 4. The molecule has 1 N–H and O–H groups in total. The van der Waals surface area contributed by atoms with Gasteiger partial charge in [-0.3, -0.25) is 0 Å². The van der Waals surface area contributed by atoms with Gasteiger partial charge in [0.2, 0.25) is 0 Å². The summed E-state index contributed by atoms with van der Waals surface area (Å²) >= 11 is 0. The molecule has 0 bridgehead atoms. The van der Waals surface area contributed by atoms with E-state index in [-0.39, 0.29) is 6.61 Å². The molecule has 4 heteroatoms. The molecule has 114 valence electrons. The van der Waals surface area contributed by atoms with Crippen LogP contribution in [0.4, 0.5) is 0 Å². The Labute approximate surface area is 127 Å². The third-order valence-corrected chi connectivity index (χ3v) is 4.17. The first-order valence-corrected chi connectivity index (χ1v) is 7.80. The van der Waals surface area contributed by atoms with Gasteiger partial charge in [0.1, 0.15) is 11.8 Å². The molecule has 1 aromatic carbocycles. The van der Waals surface area contributed by atoms with Crippen LogP contribution in [0.25, 0.3) is 0 Å². The minimum absolute atomic E-state index is 0.0986. The van der Waals surface area contributed by atoms with Crippen molar-refractivity contribution in [3.05, 3.63) is 29.8 Å². The van der Waals surface area contributed by atoms with E-state index in [2.05, 4.69) is 17.3 Å². The topological polar surface area (TPSA) is 48.3 Å². The van der Waals surface area contributed by atoms with Gasteiger partial charge in [0.15, 0.2) is 6.61 Å². The van der Waals surface area contributed by atoms with E-state index in [4.69, 9.17) is 10.00 Å². The molecule has 0 amide bonds. The summed E-state index contributed by atoms with van der Waals surface area (Å²) in [4.78, 5) is 2.47. The first kappa shape index (κ1) is 15.8. The standard InChI is InChI=1S/C17H25N3O/c1-20(16-7-3-4-8-16)12-11-19-14-15-6-2-5-9-17(15)21-13-10-18/h2,5-6,9,16,19H,3-4,7-8,11-14H2,1H3. The molecule has 0 radical (unpaired) electrons. The molecular formula is C17H25N3O. The van der Waals surface area contributed by atoms with E-state index < -0.39 is 0 Å². The van der Waals surface area contributed by atoms with Crippen molar-refractivity contribution in [2.75, 3.05) is 26.7 Å². The van der Waals surface area contributed by atoms with Crippen LogP contribution in [0.3, 0.4) is 0 Å². The van der Waals surface area contributed by atoms with Crippen molar-refractivity contribution in [1.82, 2.24) is 10.2 Å². The predicted molar refractivity (Wildman–Crippen MR) is 84.1 cm³/mol. The summed E-state index contributed by atoms with van der Waals surface area (Å²) in [5.74, 6) is 0.802. The van der Waals surface area contributed by atoms with Crippen LogP contribution >= 0.6 is 0 Å².